The summed E-state index contributed by atoms with van der Waals surface area (Å²) in [5.74, 6) is -0.573. The number of H-pyrrole nitrogens is 1. The summed E-state index contributed by atoms with van der Waals surface area (Å²) >= 11 is 0. The molecule has 3 N–H and O–H groups in total. The molecule has 3 heterocycles. The summed E-state index contributed by atoms with van der Waals surface area (Å²) < 4.78 is 19.6. The van der Waals surface area contributed by atoms with Gasteiger partial charge in [-0.15, -0.1) is 0 Å². The highest BCUT2D eigenvalue weighted by Gasteiger charge is 2.28. The Hall–Kier alpha value is -4.13. The molecular formula is C25H21FN4O2. The Kier molecular flexibility index (Phi) is 5.07. The van der Waals surface area contributed by atoms with E-state index in [1.807, 2.05) is 42.5 Å². The number of anilines is 2. The zero-order chi connectivity index (χ0) is 22.1. The van der Waals surface area contributed by atoms with Crippen LogP contribution in [0.15, 0.2) is 66.9 Å². The van der Waals surface area contributed by atoms with Gasteiger partial charge >= 0.3 is 0 Å². The van der Waals surface area contributed by atoms with Gasteiger partial charge in [0.1, 0.15) is 0 Å². The van der Waals surface area contributed by atoms with Crippen molar-refractivity contribution in [2.75, 3.05) is 19.0 Å². The smallest absolute Gasteiger partial charge is 0.255 e. The lowest BCUT2D eigenvalue weighted by Gasteiger charge is -2.16. The monoisotopic (exact) mass is 428 g/mol. The molecule has 0 unspecified atom stereocenters. The molecule has 0 aliphatic carbocycles. The molecule has 0 saturated heterocycles. The number of benzene rings is 2. The predicted molar refractivity (Wildman–Crippen MR) is 122 cm³/mol. The van der Waals surface area contributed by atoms with Crippen molar-refractivity contribution < 1.29 is 13.9 Å². The van der Waals surface area contributed by atoms with E-state index >= 15 is 0 Å². The summed E-state index contributed by atoms with van der Waals surface area (Å²) in [7, 11) is 1.42. The lowest BCUT2D eigenvalue weighted by atomic mass is 10.0. The second-order valence-corrected chi connectivity index (χ2v) is 7.48. The maximum atomic E-state index is 14.3. The van der Waals surface area contributed by atoms with Crippen molar-refractivity contribution in [3.05, 3.63) is 83.9 Å². The van der Waals surface area contributed by atoms with E-state index in [0.29, 0.717) is 29.9 Å². The molecule has 0 fully saturated rings. The second kappa shape index (κ2) is 8.19. The molecule has 7 heteroatoms. The molecule has 32 heavy (non-hydrogen) atoms. The Morgan fingerprint density at radius 2 is 1.91 bits per heavy atom. The number of aromatic amines is 1. The number of pyridine rings is 1. The number of hydrogen-bond acceptors (Lipinski definition) is 4. The molecule has 0 radical (unpaired) electrons. The van der Waals surface area contributed by atoms with E-state index in [-0.39, 0.29) is 11.7 Å². The Labute approximate surface area is 184 Å². The Morgan fingerprint density at radius 1 is 1.06 bits per heavy atom. The van der Waals surface area contributed by atoms with Crippen LogP contribution in [0.3, 0.4) is 0 Å². The number of hydrogen-bond donors (Lipinski definition) is 3. The lowest BCUT2D eigenvalue weighted by molar-refractivity contribution is 0.0947. The molecule has 4 aromatic rings. The average molecular weight is 428 g/mol. The van der Waals surface area contributed by atoms with Gasteiger partial charge in [0.2, 0.25) is 0 Å². The van der Waals surface area contributed by atoms with Crippen molar-refractivity contribution in [1.82, 2.24) is 15.3 Å². The maximum Gasteiger partial charge on any atom is 0.255 e. The van der Waals surface area contributed by atoms with Gasteiger partial charge in [-0.3, -0.25) is 9.78 Å². The molecule has 6 nitrogen and oxygen atoms in total. The summed E-state index contributed by atoms with van der Waals surface area (Å²) in [6.45, 7) is 0.556. The molecule has 2 aromatic heterocycles. The van der Waals surface area contributed by atoms with Gasteiger partial charge in [0.05, 0.1) is 35.4 Å². The third-order valence-electron chi connectivity index (χ3n) is 5.51. The summed E-state index contributed by atoms with van der Waals surface area (Å²) in [5.41, 5.74) is 5.77. The lowest BCUT2D eigenvalue weighted by Crippen LogP contribution is -2.31. The van der Waals surface area contributed by atoms with E-state index in [2.05, 4.69) is 20.6 Å². The molecule has 0 saturated carbocycles. The topological polar surface area (TPSA) is 79.0 Å². The first-order valence-corrected chi connectivity index (χ1v) is 10.3. The number of para-hydroxylation sites is 1. The number of halogens is 1. The molecule has 160 valence electrons. The molecule has 1 aliphatic rings. The zero-order valence-corrected chi connectivity index (χ0v) is 17.4. The normalized spacial score (nSPS) is 12.8. The van der Waals surface area contributed by atoms with Crippen LogP contribution in [0, 0.1) is 5.82 Å². The first-order valence-electron chi connectivity index (χ1n) is 10.3. The summed E-state index contributed by atoms with van der Waals surface area (Å²) in [6, 6.07) is 18.4. The molecule has 1 aliphatic heterocycles. The van der Waals surface area contributed by atoms with Crippen molar-refractivity contribution in [2.24, 2.45) is 0 Å². The van der Waals surface area contributed by atoms with Gasteiger partial charge < -0.3 is 20.4 Å². The quantitative estimate of drug-likeness (QED) is 0.422. The van der Waals surface area contributed by atoms with Crippen LogP contribution in [0.5, 0.6) is 5.75 Å². The van der Waals surface area contributed by atoms with Crippen molar-refractivity contribution in [2.45, 2.75) is 6.42 Å². The van der Waals surface area contributed by atoms with Gasteiger partial charge in [0.15, 0.2) is 11.6 Å². The molecule has 0 spiro atoms. The van der Waals surface area contributed by atoms with Gasteiger partial charge in [0.25, 0.3) is 5.91 Å². The van der Waals surface area contributed by atoms with E-state index in [4.69, 9.17) is 4.74 Å². The van der Waals surface area contributed by atoms with E-state index in [1.165, 1.54) is 13.2 Å². The van der Waals surface area contributed by atoms with Gasteiger partial charge in [0, 0.05) is 36.0 Å². The summed E-state index contributed by atoms with van der Waals surface area (Å²) in [6.07, 6.45) is 2.41. The standard InChI is InChI=1S/C25H21FN4O2/c1-32-24-17(26)8-5-9-19(24)30-23-21-18(11-13-28-25(21)31)29-22(23)16-10-12-27-20(14-16)15-6-3-2-4-7-15/h2-10,12,14,29-30H,11,13H2,1H3,(H,28,31). The van der Waals surface area contributed by atoms with Gasteiger partial charge in [-0.2, -0.15) is 0 Å². The molecule has 2 aromatic carbocycles. The maximum absolute atomic E-state index is 14.3. The van der Waals surface area contributed by atoms with Crippen LogP contribution >= 0.6 is 0 Å². The number of nitrogens with zero attached hydrogens (tertiary/aromatic N) is 1. The average Bonchev–Trinajstić information content (AvgIpc) is 3.19. The van der Waals surface area contributed by atoms with Crippen LogP contribution in [0.25, 0.3) is 22.5 Å². The summed E-state index contributed by atoms with van der Waals surface area (Å²) in [5, 5.41) is 6.14. The second-order valence-electron chi connectivity index (χ2n) is 7.48. The van der Waals surface area contributed by atoms with E-state index < -0.39 is 5.82 Å². The highest BCUT2D eigenvalue weighted by Crippen LogP contribution is 2.40. The van der Waals surface area contributed by atoms with Crippen molar-refractivity contribution >= 4 is 17.3 Å². The molecule has 0 atom stereocenters. The van der Waals surface area contributed by atoms with Crippen LogP contribution in [0.2, 0.25) is 0 Å². The van der Waals surface area contributed by atoms with Crippen LogP contribution in [-0.4, -0.2) is 29.5 Å². The minimum Gasteiger partial charge on any atom is -0.492 e. The fourth-order valence-electron chi connectivity index (χ4n) is 4.02. The predicted octanol–water partition coefficient (Wildman–Crippen LogP) is 4.92. The zero-order valence-electron chi connectivity index (χ0n) is 17.4. The first-order chi connectivity index (χ1) is 15.7. The molecular weight excluding hydrogens is 407 g/mol. The third-order valence-corrected chi connectivity index (χ3v) is 5.51. The number of ether oxygens (including phenoxy) is 1. The Morgan fingerprint density at radius 3 is 2.72 bits per heavy atom. The van der Waals surface area contributed by atoms with Crippen molar-refractivity contribution in [3.63, 3.8) is 0 Å². The number of rotatable bonds is 5. The fourth-order valence-corrected chi connectivity index (χ4v) is 4.02. The van der Waals surface area contributed by atoms with E-state index in [0.717, 1.165) is 28.2 Å². The number of nitrogens with one attached hydrogen (secondary N) is 3. The number of amides is 1. The van der Waals surface area contributed by atoms with Gasteiger partial charge in [-0.25, -0.2) is 4.39 Å². The van der Waals surface area contributed by atoms with Crippen molar-refractivity contribution in [3.8, 4) is 28.3 Å². The number of carbonyl (C=O) groups is 1. The van der Waals surface area contributed by atoms with Crippen LogP contribution < -0.4 is 15.4 Å². The van der Waals surface area contributed by atoms with E-state index in [1.54, 1.807) is 18.3 Å². The molecule has 5 rings (SSSR count). The van der Waals surface area contributed by atoms with Crippen LogP contribution in [0.1, 0.15) is 16.1 Å². The summed E-state index contributed by atoms with van der Waals surface area (Å²) in [4.78, 5) is 20.7. The van der Waals surface area contributed by atoms with E-state index in [9.17, 15) is 9.18 Å². The van der Waals surface area contributed by atoms with Crippen LogP contribution in [-0.2, 0) is 6.42 Å². The largest absolute Gasteiger partial charge is 0.492 e. The Balaban J connectivity index is 1.66. The minimum atomic E-state index is -0.483. The van der Waals surface area contributed by atoms with Gasteiger partial charge in [-0.1, -0.05) is 36.4 Å². The highest BCUT2D eigenvalue weighted by atomic mass is 19.1. The fraction of sp³-hybridized carbons (Fsp3) is 0.120. The first kappa shape index (κ1) is 19.8. The van der Waals surface area contributed by atoms with Crippen molar-refractivity contribution in [1.29, 1.82) is 0 Å². The Bertz CT molecular complexity index is 1300. The van der Waals surface area contributed by atoms with Gasteiger partial charge in [-0.05, 0) is 24.3 Å². The number of carbonyl (C=O) groups excluding carboxylic acids is 1. The SMILES string of the molecule is COc1c(F)cccc1Nc1c(-c2ccnc(-c3ccccc3)c2)[nH]c2c1C(=O)NCC2. The third kappa shape index (κ3) is 3.47. The molecule has 1 amide bonds. The number of fused-ring (bicyclic) bond motifs is 1. The van der Waals surface area contributed by atoms with Crippen LogP contribution in [0.4, 0.5) is 15.8 Å². The minimum absolute atomic E-state index is 0.0873. The highest BCUT2D eigenvalue weighted by molar-refractivity contribution is 6.06. The molecule has 0 bridgehead atoms. The number of aromatic nitrogens is 2. The number of methoxy groups -OCH3 is 1.